The van der Waals surface area contributed by atoms with E-state index < -0.39 is 0 Å². The summed E-state index contributed by atoms with van der Waals surface area (Å²) in [5.74, 6) is 0.910. The van der Waals surface area contributed by atoms with Crippen LogP contribution in [0.3, 0.4) is 0 Å². The molecular weight excluding hydrogens is 101 g/mol. The van der Waals surface area contributed by atoms with Crippen molar-refractivity contribution in [1.82, 2.24) is 0 Å². The molecule has 0 heterocycles. The quantitative estimate of drug-likeness (QED) is 0.533. The van der Waals surface area contributed by atoms with E-state index in [0.717, 1.165) is 5.75 Å². The Morgan fingerprint density at radius 3 is 2.12 bits per heavy atom. The van der Waals surface area contributed by atoms with Crippen LogP contribution in [0, 0.1) is 0 Å². The molecule has 1 rings (SSSR count). The van der Waals surface area contributed by atoms with Gasteiger partial charge in [0.1, 0.15) is 5.75 Å². The Morgan fingerprint density at radius 2 is 1.75 bits per heavy atom. The third-order valence-electron chi connectivity index (χ3n) is 0.979. The molecule has 0 aliphatic heterocycles. The van der Waals surface area contributed by atoms with Gasteiger partial charge in [-0.3, -0.25) is 0 Å². The lowest BCUT2D eigenvalue weighted by molar-refractivity contribution is 0.415. The maximum Gasteiger partial charge on any atom is 0.118 e. The summed E-state index contributed by atoms with van der Waals surface area (Å²) in [5.41, 5.74) is 0. The largest absolute Gasteiger partial charge is 0.497 e. The minimum absolute atomic E-state index is 0.910. The number of benzene rings is 1. The molecule has 0 fully saturated rings. The van der Waals surface area contributed by atoms with Crippen molar-refractivity contribution in [2.45, 2.75) is 0 Å². The van der Waals surface area contributed by atoms with Gasteiger partial charge in [0.2, 0.25) is 0 Å². The van der Waals surface area contributed by atoms with E-state index in [2.05, 4.69) is 0 Å². The standard InChI is InChI=1S/C7H8O/c1-8-7-5-3-2-4-6-7/h2-6H,1H3/i3+1. The molecule has 42 valence electrons. The first kappa shape index (κ1) is 5.16. The summed E-state index contributed by atoms with van der Waals surface area (Å²) < 4.78 is 4.91. The molecule has 0 atom stereocenters. The van der Waals surface area contributed by atoms with Crippen molar-refractivity contribution in [3.63, 3.8) is 0 Å². The topological polar surface area (TPSA) is 9.23 Å². The second-order valence-corrected chi connectivity index (χ2v) is 1.52. The van der Waals surface area contributed by atoms with Crippen LogP contribution in [0.4, 0.5) is 0 Å². The number of hydrogen-bond acceptors (Lipinski definition) is 1. The van der Waals surface area contributed by atoms with Crippen LogP contribution >= 0.6 is 0 Å². The van der Waals surface area contributed by atoms with Crippen molar-refractivity contribution in [3.05, 3.63) is 30.3 Å². The fourth-order valence-corrected chi connectivity index (χ4v) is 0.557. The highest BCUT2D eigenvalue weighted by Gasteiger charge is 1.80. The van der Waals surface area contributed by atoms with Gasteiger partial charge in [0, 0.05) is 0 Å². The average Bonchev–Trinajstić information content (AvgIpc) is 1.90. The van der Waals surface area contributed by atoms with Crippen LogP contribution in [0.5, 0.6) is 5.75 Å². The van der Waals surface area contributed by atoms with E-state index in [4.69, 9.17) is 4.74 Å². The lowest BCUT2D eigenvalue weighted by Gasteiger charge is -1.93. The maximum absolute atomic E-state index is 4.91. The molecule has 0 unspecified atom stereocenters. The summed E-state index contributed by atoms with van der Waals surface area (Å²) in [5, 5.41) is 0. The monoisotopic (exact) mass is 109 g/mol. The van der Waals surface area contributed by atoms with Gasteiger partial charge in [0.05, 0.1) is 7.11 Å². The zero-order valence-corrected chi connectivity index (χ0v) is 4.79. The van der Waals surface area contributed by atoms with Gasteiger partial charge in [-0.25, -0.2) is 0 Å². The van der Waals surface area contributed by atoms with Crippen LogP contribution in [0.1, 0.15) is 0 Å². The molecule has 0 aromatic heterocycles. The second kappa shape index (κ2) is 2.36. The molecule has 0 saturated heterocycles. The van der Waals surface area contributed by atoms with Crippen molar-refractivity contribution < 1.29 is 4.74 Å². The fraction of sp³-hybridized carbons (Fsp3) is 0.143. The van der Waals surface area contributed by atoms with Crippen LogP contribution < -0.4 is 4.74 Å². The molecule has 0 amide bonds. The normalized spacial score (nSPS) is 8.62. The van der Waals surface area contributed by atoms with Crippen LogP contribution in [-0.4, -0.2) is 7.11 Å². The van der Waals surface area contributed by atoms with Gasteiger partial charge in [0.15, 0.2) is 0 Å². The summed E-state index contributed by atoms with van der Waals surface area (Å²) >= 11 is 0. The molecule has 1 nitrogen and oxygen atoms in total. The van der Waals surface area contributed by atoms with Crippen molar-refractivity contribution in [2.75, 3.05) is 7.11 Å². The third-order valence-corrected chi connectivity index (χ3v) is 0.979. The zero-order valence-electron chi connectivity index (χ0n) is 4.79. The molecule has 0 saturated carbocycles. The summed E-state index contributed by atoms with van der Waals surface area (Å²) in [6, 6.07) is 9.68. The first-order valence-corrected chi connectivity index (χ1v) is 2.52. The Labute approximate surface area is 48.9 Å². The number of rotatable bonds is 1. The van der Waals surface area contributed by atoms with Gasteiger partial charge in [-0.1, -0.05) is 18.2 Å². The molecule has 0 aliphatic rings. The lowest BCUT2D eigenvalue weighted by Crippen LogP contribution is -1.78. The van der Waals surface area contributed by atoms with E-state index in [1.807, 2.05) is 30.3 Å². The summed E-state index contributed by atoms with van der Waals surface area (Å²) in [4.78, 5) is 0. The summed E-state index contributed by atoms with van der Waals surface area (Å²) in [7, 11) is 1.66. The van der Waals surface area contributed by atoms with Gasteiger partial charge in [0.25, 0.3) is 0 Å². The lowest BCUT2D eigenvalue weighted by atomic mass is 10.4. The van der Waals surface area contributed by atoms with E-state index >= 15 is 0 Å². The zero-order chi connectivity index (χ0) is 5.82. The number of ether oxygens (including phenoxy) is 1. The van der Waals surface area contributed by atoms with Crippen molar-refractivity contribution >= 4 is 0 Å². The Hall–Kier alpha value is -0.980. The highest BCUT2D eigenvalue weighted by atomic mass is 16.5. The smallest absolute Gasteiger partial charge is 0.118 e. The molecule has 0 radical (unpaired) electrons. The van der Waals surface area contributed by atoms with Crippen molar-refractivity contribution in [2.24, 2.45) is 0 Å². The molecular formula is C7H8O. The molecule has 0 spiro atoms. The SMILES string of the molecule is COc1ccc[13cH]c1. The van der Waals surface area contributed by atoms with E-state index in [1.54, 1.807) is 7.11 Å². The van der Waals surface area contributed by atoms with Crippen LogP contribution in [0.2, 0.25) is 0 Å². The first-order valence-electron chi connectivity index (χ1n) is 2.52. The van der Waals surface area contributed by atoms with Gasteiger partial charge >= 0.3 is 0 Å². The predicted octanol–water partition coefficient (Wildman–Crippen LogP) is 1.70. The number of hydrogen-bond donors (Lipinski definition) is 0. The predicted molar refractivity (Wildman–Crippen MR) is 33.0 cm³/mol. The Balaban J connectivity index is 2.83. The highest BCUT2D eigenvalue weighted by Crippen LogP contribution is 2.05. The number of para-hydroxylation sites is 1. The van der Waals surface area contributed by atoms with Gasteiger partial charge in [-0.15, -0.1) is 0 Å². The van der Waals surface area contributed by atoms with Crippen LogP contribution in [-0.2, 0) is 0 Å². The van der Waals surface area contributed by atoms with Gasteiger partial charge in [-0.2, -0.15) is 0 Å². The van der Waals surface area contributed by atoms with Crippen LogP contribution in [0.25, 0.3) is 0 Å². The van der Waals surface area contributed by atoms with E-state index in [0.29, 0.717) is 0 Å². The second-order valence-electron chi connectivity index (χ2n) is 1.52. The Morgan fingerprint density at radius 1 is 1.12 bits per heavy atom. The molecule has 1 aromatic carbocycles. The van der Waals surface area contributed by atoms with E-state index in [1.165, 1.54) is 0 Å². The Bertz CT molecular complexity index is 146. The fourth-order valence-electron chi connectivity index (χ4n) is 0.557. The van der Waals surface area contributed by atoms with Crippen LogP contribution in [0.15, 0.2) is 30.3 Å². The average molecular weight is 109 g/mol. The van der Waals surface area contributed by atoms with Crippen molar-refractivity contribution in [3.8, 4) is 5.75 Å². The molecule has 0 aliphatic carbocycles. The molecule has 0 bridgehead atoms. The molecule has 1 aromatic rings. The van der Waals surface area contributed by atoms with E-state index in [-0.39, 0.29) is 0 Å². The molecule has 0 N–H and O–H groups in total. The van der Waals surface area contributed by atoms with Crippen molar-refractivity contribution in [1.29, 1.82) is 0 Å². The maximum atomic E-state index is 4.91. The van der Waals surface area contributed by atoms with Gasteiger partial charge < -0.3 is 4.74 Å². The Kier molecular flexibility index (Phi) is 1.52. The summed E-state index contributed by atoms with van der Waals surface area (Å²) in [6.07, 6.45) is 0. The first-order chi connectivity index (χ1) is 3.93. The minimum atomic E-state index is 0.910. The highest BCUT2D eigenvalue weighted by molar-refractivity contribution is 5.20. The number of methoxy groups -OCH3 is 1. The molecule has 8 heavy (non-hydrogen) atoms. The summed E-state index contributed by atoms with van der Waals surface area (Å²) in [6.45, 7) is 0. The third kappa shape index (κ3) is 0.997. The minimum Gasteiger partial charge on any atom is -0.497 e. The van der Waals surface area contributed by atoms with Gasteiger partial charge in [-0.05, 0) is 12.1 Å². The molecule has 1 heteroatoms. The van der Waals surface area contributed by atoms with E-state index in [9.17, 15) is 0 Å².